The van der Waals surface area contributed by atoms with Crippen molar-refractivity contribution in [1.82, 2.24) is 5.32 Å². The minimum absolute atomic E-state index is 0.0421. The van der Waals surface area contributed by atoms with Crippen molar-refractivity contribution >= 4 is 0 Å². The summed E-state index contributed by atoms with van der Waals surface area (Å²) in [6, 6.07) is 8.54. The van der Waals surface area contributed by atoms with Crippen LogP contribution in [0.15, 0.2) is 24.3 Å². The zero-order valence-electron chi connectivity index (χ0n) is 11.5. The van der Waals surface area contributed by atoms with Gasteiger partial charge in [-0.3, -0.25) is 0 Å². The quantitative estimate of drug-likeness (QED) is 0.841. The second kappa shape index (κ2) is 5.72. The van der Waals surface area contributed by atoms with Crippen LogP contribution in [-0.4, -0.2) is 26.4 Å². The van der Waals surface area contributed by atoms with Crippen molar-refractivity contribution in [1.29, 1.82) is 0 Å². The lowest BCUT2D eigenvalue weighted by atomic mass is 9.72. The Balaban J connectivity index is 2.24. The predicted octanol–water partition coefficient (Wildman–Crippen LogP) is 2.91. The van der Waals surface area contributed by atoms with Crippen molar-refractivity contribution in [2.45, 2.75) is 37.8 Å². The van der Waals surface area contributed by atoms with E-state index in [0.29, 0.717) is 6.61 Å². The van der Waals surface area contributed by atoms with Crippen LogP contribution in [0, 0.1) is 0 Å². The second-order valence-electron chi connectivity index (χ2n) is 4.85. The first-order valence-electron chi connectivity index (χ1n) is 6.71. The lowest BCUT2D eigenvalue weighted by Gasteiger charge is -2.46. The number of rotatable bonds is 6. The molecule has 0 bridgehead atoms. The molecular formula is C15H23NO2. The summed E-state index contributed by atoms with van der Waals surface area (Å²) >= 11 is 0. The van der Waals surface area contributed by atoms with E-state index in [0.717, 1.165) is 18.6 Å². The van der Waals surface area contributed by atoms with Crippen molar-refractivity contribution in [3.8, 4) is 5.75 Å². The van der Waals surface area contributed by atoms with E-state index in [9.17, 15) is 0 Å². The predicted molar refractivity (Wildman–Crippen MR) is 73.0 cm³/mol. The molecule has 1 N–H and O–H groups in total. The van der Waals surface area contributed by atoms with E-state index in [1.165, 1.54) is 12.0 Å². The summed E-state index contributed by atoms with van der Waals surface area (Å²) in [4.78, 5) is 0. The molecule has 1 aliphatic carbocycles. The highest BCUT2D eigenvalue weighted by atomic mass is 16.5. The molecule has 0 saturated heterocycles. The first kappa shape index (κ1) is 13.4. The van der Waals surface area contributed by atoms with E-state index in [-0.39, 0.29) is 11.6 Å². The zero-order chi connectivity index (χ0) is 13.0. The van der Waals surface area contributed by atoms with Gasteiger partial charge < -0.3 is 14.8 Å². The van der Waals surface area contributed by atoms with Crippen LogP contribution in [0.1, 0.15) is 37.8 Å². The van der Waals surface area contributed by atoms with Gasteiger partial charge in [-0.05, 0) is 50.9 Å². The second-order valence-corrected chi connectivity index (χ2v) is 4.85. The molecule has 1 unspecified atom stereocenters. The highest BCUT2D eigenvalue weighted by Crippen LogP contribution is 2.45. The number of ether oxygens (including phenoxy) is 2. The molecule has 1 atom stereocenters. The van der Waals surface area contributed by atoms with E-state index >= 15 is 0 Å². The van der Waals surface area contributed by atoms with Crippen LogP contribution in [0.4, 0.5) is 0 Å². The standard InChI is InChI=1S/C15H23NO2/c1-4-18-13-8-5-7-12(11-13)14(16-2)15(17-3)9-6-10-15/h5,7-8,11,14,16H,4,6,9-10H2,1-3H3. The molecule has 1 saturated carbocycles. The van der Waals surface area contributed by atoms with E-state index in [1.54, 1.807) is 0 Å². The highest BCUT2D eigenvalue weighted by Gasteiger charge is 2.44. The van der Waals surface area contributed by atoms with Gasteiger partial charge in [-0.1, -0.05) is 12.1 Å². The summed E-state index contributed by atoms with van der Waals surface area (Å²) in [5.74, 6) is 0.931. The molecule has 0 aliphatic heterocycles. The molecule has 3 nitrogen and oxygen atoms in total. The minimum Gasteiger partial charge on any atom is -0.494 e. The van der Waals surface area contributed by atoms with Crippen LogP contribution in [0.5, 0.6) is 5.75 Å². The maximum Gasteiger partial charge on any atom is 0.119 e. The number of likely N-dealkylation sites (N-methyl/N-ethyl adjacent to an activating group) is 1. The molecule has 0 spiro atoms. The first-order valence-corrected chi connectivity index (χ1v) is 6.71. The lowest BCUT2D eigenvalue weighted by molar-refractivity contribution is -0.0983. The summed E-state index contributed by atoms with van der Waals surface area (Å²) in [5.41, 5.74) is 1.20. The number of methoxy groups -OCH3 is 1. The molecule has 1 aromatic carbocycles. The molecule has 0 aromatic heterocycles. The number of benzene rings is 1. The van der Waals surface area contributed by atoms with Gasteiger partial charge in [-0.25, -0.2) is 0 Å². The number of hydrogen-bond donors (Lipinski definition) is 1. The van der Waals surface area contributed by atoms with Gasteiger partial charge in [-0.2, -0.15) is 0 Å². The van der Waals surface area contributed by atoms with Gasteiger partial charge in [0.2, 0.25) is 0 Å². The van der Waals surface area contributed by atoms with Crippen molar-refractivity contribution in [3.63, 3.8) is 0 Å². The van der Waals surface area contributed by atoms with Crippen LogP contribution in [0.3, 0.4) is 0 Å². The fourth-order valence-corrected chi connectivity index (χ4v) is 2.82. The Morgan fingerprint density at radius 2 is 2.17 bits per heavy atom. The Hall–Kier alpha value is -1.06. The smallest absolute Gasteiger partial charge is 0.119 e. The molecule has 0 amide bonds. The molecule has 100 valence electrons. The fourth-order valence-electron chi connectivity index (χ4n) is 2.82. The van der Waals surface area contributed by atoms with Gasteiger partial charge in [0.15, 0.2) is 0 Å². The number of hydrogen-bond acceptors (Lipinski definition) is 3. The van der Waals surface area contributed by atoms with E-state index in [4.69, 9.17) is 9.47 Å². The van der Waals surface area contributed by atoms with Gasteiger partial charge in [0.1, 0.15) is 5.75 Å². The van der Waals surface area contributed by atoms with Gasteiger partial charge in [0.05, 0.1) is 18.2 Å². The van der Waals surface area contributed by atoms with Gasteiger partial charge in [0.25, 0.3) is 0 Å². The third kappa shape index (κ3) is 2.38. The van der Waals surface area contributed by atoms with Crippen LogP contribution < -0.4 is 10.1 Å². The van der Waals surface area contributed by atoms with Gasteiger partial charge in [0, 0.05) is 7.11 Å². The maximum absolute atomic E-state index is 5.78. The third-order valence-electron chi connectivity index (χ3n) is 3.92. The van der Waals surface area contributed by atoms with Crippen molar-refractivity contribution in [2.75, 3.05) is 20.8 Å². The van der Waals surface area contributed by atoms with Crippen molar-refractivity contribution in [2.24, 2.45) is 0 Å². The average Bonchev–Trinajstić information content (AvgIpc) is 2.34. The Morgan fingerprint density at radius 3 is 2.67 bits per heavy atom. The molecule has 1 fully saturated rings. The Kier molecular flexibility index (Phi) is 4.25. The third-order valence-corrected chi connectivity index (χ3v) is 3.92. The van der Waals surface area contributed by atoms with Crippen molar-refractivity contribution < 1.29 is 9.47 Å². The zero-order valence-corrected chi connectivity index (χ0v) is 11.5. The summed E-state index contributed by atoms with van der Waals surface area (Å²) in [7, 11) is 3.81. The van der Waals surface area contributed by atoms with Gasteiger partial charge in [-0.15, -0.1) is 0 Å². The van der Waals surface area contributed by atoms with Crippen LogP contribution in [0.2, 0.25) is 0 Å². The maximum atomic E-state index is 5.78. The largest absolute Gasteiger partial charge is 0.494 e. The normalized spacial score (nSPS) is 19.1. The molecule has 2 rings (SSSR count). The Morgan fingerprint density at radius 1 is 1.39 bits per heavy atom. The monoisotopic (exact) mass is 249 g/mol. The lowest BCUT2D eigenvalue weighted by Crippen LogP contribution is -2.49. The first-order chi connectivity index (χ1) is 8.75. The van der Waals surface area contributed by atoms with E-state index in [2.05, 4.69) is 17.4 Å². The highest BCUT2D eigenvalue weighted by molar-refractivity contribution is 5.32. The average molecular weight is 249 g/mol. The SMILES string of the molecule is CCOc1cccc(C(NC)C2(OC)CCC2)c1. The van der Waals surface area contributed by atoms with E-state index < -0.39 is 0 Å². The molecule has 1 aliphatic rings. The molecule has 3 heteroatoms. The summed E-state index contributed by atoms with van der Waals surface area (Å²) < 4.78 is 11.3. The summed E-state index contributed by atoms with van der Waals surface area (Å²) in [5, 5.41) is 3.40. The number of nitrogens with one attached hydrogen (secondary N) is 1. The Labute approximate surface area is 109 Å². The summed E-state index contributed by atoms with van der Waals surface area (Å²) in [6.45, 7) is 2.70. The molecule has 0 radical (unpaired) electrons. The fraction of sp³-hybridized carbons (Fsp3) is 0.600. The Bertz CT molecular complexity index is 382. The van der Waals surface area contributed by atoms with Crippen molar-refractivity contribution in [3.05, 3.63) is 29.8 Å². The molecule has 18 heavy (non-hydrogen) atoms. The summed E-state index contributed by atoms with van der Waals surface area (Å²) in [6.07, 6.45) is 3.49. The molecule has 0 heterocycles. The van der Waals surface area contributed by atoms with E-state index in [1.807, 2.05) is 33.2 Å². The molecular weight excluding hydrogens is 226 g/mol. The van der Waals surface area contributed by atoms with Gasteiger partial charge >= 0.3 is 0 Å². The minimum atomic E-state index is -0.0421. The molecule has 1 aromatic rings. The topological polar surface area (TPSA) is 30.5 Å². The van der Waals surface area contributed by atoms with Crippen LogP contribution in [0.25, 0.3) is 0 Å². The van der Waals surface area contributed by atoms with Crippen LogP contribution >= 0.6 is 0 Å². The van der Waals surface area contributed by atoms with Crippen LogP contribution in [-0.2, 0) is 4.74 Å².